The van der Waals surface area contributed by atoms with Gasteiger partial charge in [0.25, 0.3) is 0 Å². The average Bonchev–Trinajstić information content (AvgIpc) is 2.26. The Morgan fingerprint density at radius 1 is 1.53 bits per heavy atom. The molecule has 4 nitrogen and oxygen atoms in total. The molecule has 1 rings (SSSR count). The Balaban J connectivity index is 3.28. The van der Waals surface area contributed by atoms with Crippen LogP contribution in [-0.4, -0.2) is 24.7 Å². The van der Waals surface area contributed by atoms with Crippen molar-refractivity contribution in [3.8, 4) is 11.5 Å². The molecule has 0 spiro atoms. The first-order valence-corrected chi connectivity index (χ1v) is 5.37. The molecule has 0 N–H and O–H groups in total. The van der Waals surface area contributed by atoms with Gasteiger partial charge in [0.15, 0.2) is 17.8 Å². The Bertz CT molecular complexity index is 423. The zero-order valence-electron chi connectivity index (χ0n) is 8.55. The number of methoxy groups -OCH3 is 1. The lowest BCUT2D eigenvalue weighted by molar-refractivity contribution is -0.275. The summed E-state index contributed by atoms with van der Waals surface area (Å²) in [5.41, 5.74) is 0.192. The number of hydrogen-bond donors (Lipinski definition) is 0. The molecule has 0 aromatic carbocycles. The molecule has 0 amide bonds. The summed E-state index contributed by atoms with van der Waals surface area (Å²) in [5, 5.41) is 0.212. The summed E-state index contributed by atoms with van der Waals surface area (Å²) in [4.78, 5) is 14.5. The lowest BCUT2D eigenvalue weighted by Gasteiger charge is -2.14. The number of hydrogen-bond acceptors (Lipinski definition) is 4. The summed E-state index contributed by atoms with van der Waals surface area (Å²) in [6, 6.07) is 0. The summed E-state index contributed by atoms with van der Waals surface area (Å²) in [5.74, 6) is -0.937. The average molecular weight is 314 g/mol. The molecule has 1 heterocycles. The first-order chi connectivity index (χ1) is 7.92. The molecule has 0 aliphatic heterocycles. The minimum atomic E-state index is -4.87. The second-order valence-corrected chi connectivity index (χ2v) is 3.38. The van der Waals surface area contributed by atoms with E-state index in [1.807, 2.05) is 0 Å². The number of aromatic nitrogens is 1. The van der Waals surface area contributed by atoms with Gasteiger partial charge in [0, 0.05) is 5.33 Å². The molecule has 1 aromatic heterocycles. The summed E-state index contributed by atoms with van der Waals surface area (Å²) >= 11 is 3.06. The van der Waals surface area contributed by atoms with Gasteiger partial charge in [0.05, 0.1) is 24.6 Å². The standard InChI is InChI=1S/C9H7BrF3NO3/c1-16-8-5(4-15)6(2-10)14-3-7(8)17-9(11,12)13/h3-4H,2H2,1H3. The number of rotatable bonds is 4. The zero-order valence-corrected chi connectivity index (χ0v) is 10.1. The highest BCUT2D eigenvalue weighted by Crippen LogP contribution is 2.35. The summed E-state index contributed by atoms with van der Waals surface area (Å²) in [6.45, 7) is 0. The monoisotopic (exact) mass is 313 g/mol. The van der Waals surface area contributed by atoms with Crippen LogP contribution in [0.4, 0.5) is 13.2 Å². The number of alkyl halides is 4. The molecular formula is C9H7BrF3NO3. The summed E-state index contributed by atoms with van der Waals surface area (Å²) in [6.07, 6.45) is -3.65. The predicted molar refractivity (Wildman–Crippen MR) is 55.5 cm³/mol. The van der Waals surface area contributed by atoms with Crippen LogP contribution >= 0.6 is 15.9 Å². The third-order valence-electron chi connectivity index (χ3n) is 1.79. The summed E-state index contributed by atoms with van der Waals surface area (Å²) < 4.78 is 44.7. The van der Waals surface area contributed by atoms with Crippen LogP contribution in [0.3, 0.4) is 0 Å². The molecule has 0 unspecified atom stereocenters. The van der Waals surface area contributed by atoms with Gasteiger partial charge in [-0.25, -0.2) is 0 Å². The van der Waals surface area contributed by atoms with Gasteiger partial charge in [-0.1, -0.05) is 15.9 Å². The van der Waals surface area contributed by atoms with Crippen molar-refractivity contribution in [3.63, 3.8) is 0 Å². The third kappa shape index (κ3) is 3.32. The SMILES string of the molecule is COc1c(OC(F)(F)F)cnc(CBr)c1C=O. The van der Waals surface area contributed by atoms with E-state index in [0.29, 0.717) is 6.29 Å². The van der Waals surface area contributed by atoms with Gasteiger partial charge in [-0.05, 0) is 0 Å². The number of carbonyl (C=O) groups is 1. The maximum atomic E-state index is 12.1. The molecule has 94 valence electrons. The van der Waals surface area contributed by atoms with Crippen molar-refractivity contribution >= 4 is 22.2 Å². The second kappa shape index (κ2) is 5.35. The predicted octanol–water partition coefficient (Wildman–Crippen LogP) is 2.70. The largest absolute Gasteiger partial charge is 0.573 e. The third-order valence-corrected chi connectivity index (χ3v) is 2.32. The zero-order chi connectivity index (χ0) is 13.1. The molecule has 0 aliphatic rings. The van der Waals surface area contributed by atoms with E-state index < -0.39 is 12.1 Å². The van der Waals surface area contributed by atoms with E-state index in [0.717, 1.165) is 13.3 Å². The van der Waals surface area contributed by atoms with Crippen molar-refractivity contribution in [1.82, 2.24) is 4.98 Å². The Labute approximate surface area is 103 Å². The Hall–Kier alpha value is -1.31. The highest BCUT2D eigenvalue weighted by Gasteiger charge is 2.33. The number of aldehydes is 1. The van der Waals surface area contributed by atoms with E-state index in [4.69, 9.17) is 4.74 Å². The molecule has 0 aliphatic carbocycles. The van der Waals surface area contributed by atoms with Crippen molar-refractivity contribution < 1.29 is 27.4 Å². The molecule has 17 heavy (non-hydrogen) atoms. The van der Waals surface area contributed by atoms with Crippen LogP contribution in [0.15, 0.2) is 6.20 Å². The Morgan fingerprint density at radius 2 is 2.18 bits per heavy atom. The van der Waals surface area contributed by atoms with Crippen LogP contribution in [-0.2, 0) is 5.33 Å². The van der Waals surface area contributed by atoms with E-state index in [2.05, 4.69) is 25.7 Å². The maximum Gasteiger partial charge on any atom is 0.573 e. The molecule has 1 aromatic rings. The van der Waals surface area contributed by atoms with Gasteiger partial charge in [-0.3, -0.25) is 9.78 Å². The molecule has 0 fully saturated rings. The van der Waals surface area contributed by atoms with E-state index >= 15 is 0 Å². The lowest BCUT2D eigenvalue weighted by atomic mass is 10.2. The fourth-order valence-corrected chi connectivity index (χ4v) is 1.61. The van der Waals surface area contributed by atoms with Crippen molar-refractivity contribution in [1.29, 1.82) is 0 Å². The topological polar surface area (TPSA) is 48.4 Å². The van der Waals surface area contributed by atoms with Crippen molar-refractivity contribution in [2.24, 2.45) is 0 Å². The molecule has 8 heteroatoms. The fourth-order valence-electron chi connectivity index (χ4n) is 1.16. The van der Waals surface area contributed by atoms with E-state index in [-0.39, 0.29) is 22.3 Å². The van der Waals surface area contributed by atoms with E-state index in [1.165, 1.54) is 0 Å². The van der Waals surface area contributed by atoms with Crippen LogP contribution in [0.25, 0.3) is 0 Å². The molecule has 0 atom stereocenters. The number of carbonyl (C=O) groups excluding carboxylic acids is 1. The van der Waals surface area contributed by atoms with Crippen molar-refractivity contribution in [2.75, 3.05) is 7.11 Å². The van der Waals surface area contributed by atoms with Gasteiger partial charge >= 0.3 is 6.36 Å². The van der Waals surface area contributed by atoms with Crippen LogP contribution in [0.2, 0.25) is 0 Å². The normalized spacial score (nSPS) is 11.1. The van der Waals surface area contributed by atoms with Crippen LogP contribution < -0.4 is 9.47 Å². The lowest BCUT2D eigenvalue weighted by Crippen LogP contribution is -2.18. The Morgan fingerprint density at radius 3 is 2.59 bits per heavy atom. The molecule has 0 radical (unpaired) electrons. The van der Waals surface area contributed by atoms with Crippen LogP contribution in [0, 0.1) is 0 Å². The van der Waals surface area contributed by atoms with Crippen molar-refractivity contribution in [3.05, 3.63) is 17.5 Å². The van der Waals surface area contributed by atoms with Gasteiger partial charge in [-0.15, -0.1) is 13.2 Å². The second-order valence-electron chi connectivity index (χ2n) is 2.82. The van der Waals surface area contributed by atoms with E-state index in [1.54, 1.807) is 0 Å². The molecule has 0 saturated heterocycles. The quantitative estimate of drug-likeness (QED) is 0.633. The Kier molecular flexibility index (Phi) is 4.33. The minimum Gasteiger partial charge on any atom is -0.492 e. The highest BCUT2D eigenvalue weighted by atomic mass is 79.9. The van der Waals surface area contributed by atoms with Crippen LogP contribution in [0.1, 0.15) is 16.1 Å². The molecule has 0 saturated carbocycles. The number of pyridine rings is 1. The number of nitrogens with zero attached hydrogens (tertiary/aromatic N) is 1. The van der Waals surface area contributed by atoms with Gasteiger partial charge in [0.2, 0.25) is 0 Å². The van der Waals surface area contributed by atoms with Gasteiger partial charge in [-0.2, -0.15) is 0 Å². The molecule has 0 bridgehead atoms. The van der Waals surface area contributed by atoms with Gasteiger partial charge in [0.1, 0.15) is 0 Å². The highest BCUT2D eigenvalue weighted by molar-refractivity contribution is 9.08. The van der Waals surface area contributed by atoms with E-state index in [9.17, 15) is 18.0 Å². The van der Waals surface area contributed by atoms with Crippen LogP contribution in [0.5, 0.6) is 11.5 Å². The first kappa shape index (κ1) is 13.8. The maximum absolute atomic E-state index is 12.1. The van der Waals surface area contributed by atoms with Crippen molar-refractivity contribution in [2.45, 2.75) is 11.7 Å². The van der Waals surface area contributed by atoms with Gasteiger partial charge < -0.3 is 9.47 Å². The first-order valence-electron chi connectivity index (χ1n) is 4.25. The summed E-state index contributed by atoms with van der Waals surface area (Å²) in [7, 11) is 1.14. The number of halogens is 4. The smallest absolute Gasteiger partial charge is 0.492 e. The fraction of sp³-hybridized carbons (Fsp3) is 0.333. The molecular weight excluding hydrogens is 307 g/mol. The minimum absolute atomic E-state index is 0.0777. The number of ether oxygens (including phenoxy) is 2.